The average Bonchev–Trinajstić information content (AvgIpc) is 2.65. The first kappa shape index (κ1) is 18.0. The number of carbonyl (C=O) groups is 2. The van der Waals surface area contributed by atoms with E-state index in [1.807, 2.05) is 67.3 Å². The van der Waals surface area contributed by atoms with E-state index < -0.39 is 0 Å². The Morgan fingerprint density at radius 2 is 1.65 bits per heavy atom. The second kappa shape index (κ2) is 8.04. The molecule has 0 aromatic heterocycles. The topological polar surface area (TPSA) is 61.4 Å². The molecule has 0 radical (unpaired) electrons. The van der Waals surface area contributed by atoms with E-state index in [1.54, 1.807) is 0 Å². The first-order valence-corrected chi connectivity index (χ1v) is 9.02. The summed E-state index contributed by atoms with van der Waals surface area (Å²) in [4.78, 5) is 26.6. The molecular weight excluding hydrogens is 326 g/mol. The molecule has 0 atom stereocenters. The van der Waals surface area contributed by atoms with Gasteiger partial charge in [-0.2, -0.15) is 0 Å². The van der Waals surface area contributed by atoms with Gasteiger partial charge in [0.25, 0.3) is 5.91 Å². The zero-order chi connectivity index (χ0) is 18.5. The minimum atomic E-state index is -0.199. The molecule has 26 heavy (non-hydrogen) atoms. The predicted octanol–water partition coefficient (Wildman–Crippen LogP) is 3.73. The number of benzene rings is 2. The summed E-state index contributed by atoms with van der Waals surface area (Å²) in [7, 11) is 0. The number of piperidine rings is 1. The van der Waals surface area contributed by atoms with E-state index in [-0.39, 0.29) is 18.0 Å². The number of rotatable bonds is 3. The normalized spacial score (nSPS) is 14.8. The largest absolute Gasteiger partial charge is 0.338 e. The smallest absolute Gasteiger partial charge is 0.319 e. The number of anilines is 1. The number of nitrogens with zero attached hydrogens (tertiary/aromatic N) is 1. The van der Waals surface area contributed by atoms with Crippen molar-refractivity contribution in [3.8, 4) is 0 Å². The van der Waals surface area contributed by atoms with Crippen LogP contribution >= 0.6 is 0 Å². The van der Waals surface area contributed by atoms with Crippen molar-refractivity contribution in [3.05, 3.63) is 65.2 Å². The van der Waals surface area contributed by atoms with Crippen molar-refractivity contribution >= 4 is 17.6 Å². The molecule has 1 fully saturated rings. The summed E-state index contributed by atoms with van der Waals surface area (Å²) in [5.74, 6) is 0.0697. The van der Waals surface area contributed by atoms with E-state index in [4.69, 9.17) is 0 Å². The van der Waals surface area contributed by atoms with Crippen molar-refractivity contribution in [1.82, 2.24) is 10.2 Å². The van der Waals surface area contributed by atoms with E-state index in [9.17, 15) is 9.59 Å². The molecule has 2 aromatic rings. The van der Waals surface area contributed by atoms with Crippen LogP contribution in [0.4, 0.5) is 10.5 Å². The van der Waals surface area contributed by atoms with Gasteiger partial charge >= 0.3 is 6.03 Å². The lowest BCUT2D eigenvalue weighted by molar-refractivity contribution is 0.0709. The minimum Gasteiger partial charge on any atom is -0.338 e. The van der Waals surface area contributed by atoms with Crippen molar-refractivity contribution in [1.29, 1.82) is 0 Å². The first-order chi connectivity index (χ1) is 12.5. The van der Waals surface area contributed by atoms with Crippen LogP contribution in [0.15, 0.2) is 48.5 Å². The Morgan fingerprint density at radius 3 is 2.31 bits per heavy atom. The quantitative estimate of drug-likeness (QED) is 0.885. The summed E-state index contributed by atoms with van der Waals surface area (Å²) < 4.78 is 0. The van der Waals surface area contributed by atoms with Crippen molar-refractivity contribution in [2.24, 2.45) is 0 Å². The standard InChI is InChI=1S/C21H25N3O2/c1-15-8-9-17(14-16(15)2)20(25)24-12-10-19(11-13-24)23-21(26)22-18-6-4-3-5-7-18/h3-9,14,19H,10-13H2,1-2H3,(H2,22,23,26). The lowest BCUT2D eigenvalue weighted by Gasteiger charge is -2.32. The summed E-state index contributed by atoms with van der Waals surface area (Å²) in [5, 5.41) is 5.83. The highest BCUT2D eigenvalue weighted by Gasteiger charge is 2.24. The first-order valence-electron chi connectivity index (χ1n) is 9.02. The molecular formula is C21H25N3O2. The van der Waals surface area contributed by atoms with E-state index >= 15 is 0 Å². The summed E-state index contributed by atoms with van der Waals surface area (Å²) >= 11 is 0. The average molecular weight is 351 g/mol. The zero-order valence-electron chi connectivity index (χ0n) is 15.3. The van der Waals surface area contributed by atoms with Crippen LogP contribution in [-0.2, 0) is 0 Å². The second-order valence-electron chi connectivity index (χ2n) is 6.83. The molecule has 136 valence electrons. The van der Waals surface area contributed by atoms with Crippen molar-refractivity contribution < 1.29 is 9.59 Å². The Labute approximate surface area is 154 Å². The molecule has 5 heteroatoms. The Morgan fingerprint density at radius 1 is 0.962 bits per heavy atom. The summed E-state index contributed by atoms with van der Waals surface area (Å²) in [5.41, 5.74) is 3.83. The SMILES string of the molecule is Cc1ccc(C(=O)N2CCC(NC(=O)Nc3ccccc3)CC2)cc1C. The molecule has 1 heterocycles. The van der Waals surface area contributed by atoms with Crippen LogP contribution in [0.5, 0.6) is 0 Å². The predicted molar refractivity (Wildman–Crippen MR) is 103 cm³/mol. The third kappa shape index (κ3) is 4.42. The molecule has 1 aliphatic heterocycles. The van der Waals surface area contributed by atoms with Gasteiger partial charge in [-0.25, -0.2) is 4.79 Å². The molecule has 3 rings (SSSR count). The van der Waals surface area contributed by atoms with Crippen LogP contribution in [0.25, 0.3) is 0 Å². The number of hydrogen-bond donors (Lipinski definition) is 2. The molecule has 2 aromatic carbocycles. The van der Waals surface area contributed by atoms with Crippen molar-refractivity contribution in [2.75, 3.05) is 18.4 Å². The summed E-state index contributed by atoms with van der Waals surface area (Å²) in [6.45, 7) is 5.37. The Balaban J connectivity index is 1.50. The number of hydrogen-bond acceptors (Lipinski definition) is 2. The van der Waals surface area contributed by atoms with E-state index in [0.29, 0.717) is 13.1 Å². The number of likely N-dealkylation sites (tertiary alicyclic amines) is 1. The Bertz CT molecular complexity index is 781. The highest BCUT2D eigenvalue weighted by Crippen LogP contribution is 2.17. The van der Waals surface area contributed by atoms with Gasteiger partial charge < -0.3 is 15.5 Å². The maximum atomic E-state index is 12.7. The maximum absolute atomic E-state index is 12.7. The van der Waals surface area contributed by atoms with Gasteiger partial charge in [0.05, 0.1) is 0 Å². The van der Waals surface area contributed by atoms with Gasteiger partial charge in [-0.3, -0.25) is 4.79 Å². The van der Waals surface area contributed by atoms with Gasteiger partial charge in [-0.05, 0) is 62.1 Å². The van der Waals surface area contributed by atoms with Gasteiger partial charge in [-0.15, -0.1) is 0 Å². The third-order valence-electron chi connectivity index (χ3n) is 4.90. The fourth-order valence-corrected chi connectivity index (χ4v) is 3.16. The Kier molecular flexibility index (Phi) is 5.56. The molecule has 0 bridgehead atoms. The van der Waals surface area contributed by atoms with Gasteiger partial charge in [0.2, 0.25) is 0 Å². The maximum Gasteiger partial charge on any atom is 0.319 e. The lowest BCUT2D eigenvalue weighted by atomic mass is 10.0. The number of carbonyl (C=O) groups excluding carboxylic acids is 2. The van der Waals surface area contributed by atoms with Crippen LogP contribution in [0.3, 0.4) is 0 Å². The van der Waals surface area contributed by atoms with E-state index in [0.717, 1.165) is 29.7 Å². The number of urea groups is 1. The van der Waals surface area contributed by atoms with Crippen LogP contribution in [0.1, 0.15) is 34.3 Å². The molecule has 0 spiro atoms. The van der Waals surface area contributed by atoms with Gasteiger partial charge in [0.1, 0.15) is 0 Å². The zero-order valence-corrected chi connectivity index (χ0v) is 15.3. The van der Waals surface area contributed by atoms with Crippen LogP contribution < -0.4 is 10.6 Å². The monoisotopic (exact) mass is 351 g/mol. The fourth-order valence-electron chi connectivity index (χ4n) is 3.16. The molecule has 1 aliphatic rings. The van der Waals surface area contributed by atoms with Crippen LogP contribution in [-0.4, -0.2) is 36.0 Å². The highest BCUT2D eigenvalue weighted by molar-refractivity contribution is 5.94. The molecule has 0 aliphatic carbocycles. The minimum absolute atomic E-state index is 0.0697. The van der Waals surface area contributed by atoms with E-state index in [1.165, 1.54) is 5.56 Å². The lowest BCUT2D eigenvalue weighted by Crippen LogP contribution is -2.47. The molecule has 0 unspecified atom stereocenters. The van der Waals surface area contributed by atoms with Gasteiger partial charge in [-0.1, -0.05) is 24.3 Å². The van der Waals surface area contributed by atoms with Crippen LogP contribution in [0.2, 0.25) is 0 Å². The second-order valence-corrected chi connectivity index (χ2v) is 6.83. The number of para-hydroxylation sites is 1. The highest BCUT2D eigenvalue weighted by atomic mass is 16.2. The van der Waals surface area contributed by atoms with Crippen LogP contribution in [0, 0.1) is 13.8 Å². The summed E-state index contributed by atoms with van der Waals surface area (Å²) in [6, 6.07) is 15.1. The molecule has 1 saturated heterocycles. The number of amides is 3. The van der Waals surface area contributed by atoms with Crippen molar-refractivity contribution in [2.45, 2.75) is 32.7 Å². The van der Waals surface area contributed by atoms with Gasteiger partial charge in [0.15, 0.2) is 0 Å². The molecule has 3 amide bonds. The summed E-state index contributed by atoms with van der Waals surface area (Å²) in [6.07, 6.45) is 1.53. The molecule has 0 saturated carbocycles. The Hall–Kier alpha value is -2.82. The molecule has 5 nitrogen and oxygen atoms in total. The van der Waals surface area contributed by atoms with E-state index in [2.05, 4.69) is 10.6 Å². The number of nitrogens with one attached hydrogen (secondary N) is 2. The third-order valence-corrected chi connectivity index (χ3v) is 4.90. The van der Waals surface area contributed by atoms with Crippen molar-refractivity contribution in [3.63, 3.8) is 0 Å². The fraction of sp³-hybridized carbons (Fsp3) is 0.333. The van der Waals surface area contributed by atoms with Gasteiger partial charge in [0, 0.05) is 30.4 Å². The molecule has 2 N–H and O–H groups in total. The number of aryl methyl sites for hydroxylation is 2.